The topological polar surface area (TPSA) is 48.0 Å². The number of hydrogen-bond acceptors (Lipinski definition) is 3. The molecule has 4 aromatic heterocycles. The zero-order chi connectivity index (χ0) is 26.5. The molecule has 0 atom stereocenters. The van der Waals surface area contributed by atoms with Crippen molar-refractivity contribution < 1.29 is 0 Å². The first-order valence-corrected chi connectivity index (χ1v) is 13.3. The summed E-state index contributed by atoms with van der Waals surface area (Å²) < 4.78 is 4.23. The van der Waals surface area contributed by atoms with Gasteiger partial charge in [0.2, 0.25) is 0 Å². The second-order valence-corrected chi connectivity index (χ2v) is 9.89. The number of imidazole rings is 1. The Kier molecular flexibility index (Phi) is 5.07. The van der Waals surface area contributed by atoms with Crippen LogP contribution < -0.4 is 0 Å². The molecule has 4 heterocycles. The zero-order valence-corrected chi connectivity index (χ0v) is 21.5. The summed E-state index contributed by atoms with van der Waals surface area (Å²) in [5.41, 5.74) is 9.54. The van der Waals surface area contributed by atoms with Crippen molar-refractivity contribution in [3.8, 4) is 39.5 Å². The summed E-state index contributed by atoms with van der Waals surface area (Å²) in [6.07, 6.45) is 7.72. The van der Waals surface area contributed by atoms with Gasteiger partial charge in [-0.25, -0.2) is 15.0 Å². The van der Waals surface area contributed by atoms with Crippen molar-refractivity contribution in [1.29, 1.82) is 0 Å². The molecule has 188 valence electrons. The van der Waals surface area contributed by atoms with Gasteiger partial charge in [-0.05, 0) is 58.7 Å². The van der Waals surface area contributed by atoms with Crippen LogP contribution in [0.5, 0.6) is 0 Å². The van der Waals surface area contributed by atoms with Crippen LogP contribution in [-0.4, -0.2) is 23.9 Å². The van der Waals surface area contributed by atoms with E-state index in [1.165, 1.54) is 33.0 Å². The molecule has 0 aliphatic carbocycles. The normalized spacial score (nSPS) is 11.5. The summed E-state index contributed by atoms with van der Waals surface area (Å²) in [4.78, 5) is 14.2. The molecule has 0 aliphatic heterocycles. The third-order valence-corrected chi connectivity index (χ3v) is 7.47. The van der Waals surface area contributed by atoms with E-state index in [1.807, 2.05) is 47.4 Å². The number of pyridine rings is 1. The Morgan fingerprint density at radius 2 is 1.10 bits per heavy atom. The van der Waals surface area contributed by atoms with E-state index in [1.54, 1.807) is 0 Å². The van der Waals surface area contributed by atoms with Crippen molar-refractivity contribution >= 4 is 27.5 Å². The monoisotopic (exact) mass is 513 g/mol. The molecule has 0 spiro atoms. The van der Waals surface area contributed by atoms with Crippen molar-refractivity contribution in [2.75, 3.05) is 0 Å². The van der Waals surface area contributed by atoms with Crippen molar-refractivity contribution in [2.45, 2.75) is 0 Å². The number of fused-ring (bicyclic) bond motifs is 4. The van der Waals surface area contributed by atoms with E-state index in [0.29, 0.717) is 5.82 Å². The SMILES string of the molecule is c1ccc(-c2ccc3c(c2)c2cc(-c4ccccc4)ccc2n3-c2cnc(-c3cn4ccccc4n3)nc2)cc1. The first kappa shape index (κ1) is 22.4. The van der Waals surface area contributed by atoms with E-state index in [9.17, 15) is 0 Å². The molecule has 0 bridgehead atoms. The van der Waals surface area contributed by atoms with Gasteiger partial charge in [-0.1, -0.05) is 78.9 Å². The Bertz CT molecular complexity index is 2010. The Morgan fingerprint density at radius 3 is 1.68 bits per heavy atom. The summed E-state index contributed by atoms with van der Waals surface area (Å²) in [7, 11) is 0. The second kappa shape index (κ2) is 9.03. The summed E-state index contributed by atoms with van der Waals surface area (Å²) >= 11 is 0. The van der Waals surface area contributed by atoms with E-state index >= 15 is 0 Å². The van der Waals surface area contributed by atoms with E-state index in [2.05, 4.69) is 107 Å². The molecule has 0 N–H and O–H groups in total. The Balaban J connectivity index is 1.31. The number of aromatic nitrogens is 5. The number of hydrogen-bond donors (Lipinski definition) is 0. The highest BCUT2D eigenvalue weighted by Crippen LogP contribution is 2.37. The largest absolute Gasteiger partial charge is 0.306 e. The van der Waals surface area contributed by atoms with E-state index < -0.39 is 0 Å². The van der Waals surface area contributed by atoms with Crippen LogP contribution in [0.4, 0.5) is 0 Å². The van der Waals surface area contributed by atoms with Gasteiger partial charge >= 0.3 is 0 Å². The lowest BCUT2D eigenvalue weighted by Crippen LogP contribution is -1.98. The van der Waals surface area contributed by atoms with Gasteiger partial charge in [-0.15, -0.1) is 0 Å². The van der Waals surface area contributed by atoms with E-state index in [4.69, 9.17) is 9.97 Å². The van der Waals surface area contributed by atoms with Crippen molar-refractivity contribution in [3.05, 3.63) is 140 Å². The molecule has 0 saturated carbocycles. The highest BCUT2D eigenvalue weighted by molar-refractivity contribution is 6.11. The Morgan fingerprint density at radius 1 is 0.525 bits per heavy atom. The lowest BCUT2D eigenvalue weighted by molar-refractivity contribution is 1.07. The van der Waals surface area contributed by atoms with Crippen molar-refractivity contribution in [1.82, 2.24) is 23.9 Å². The third-order valence-electron chi connectivity index (χ3n) is 7.47. The number of benzene rings is 4. The van der Waals surface area contributed by atoms with E-state index in [0.717, 1.165) is 28.1 Å². The van der Waals surface area contributed by atoms with Gasteiger partial charge in [0.25, 0.3) is 0 Å². The predicted octanol–water partition coefficient (Wildman–Crippen LogP) is 8.22. The summed E-state index contributed by atoms with van der Waals surface area (Å²) in [6.45, 7) is 0. The Hall–Kier alpha value is -5.55. The van der Waals surface area contributed by atoms with Crippen LogP contribution in [0.15, 0.2) is 140 Å². The quantitative estimate of drug-likeness (QED) is 0.238. The summed E-state index contributed by atoms with van der Waals surface area (Å²) in [5, 5.41) is 2.39. The average Bonchev–Trinajstić information content (AvgIpc) is 3.61. The lowest BCUT2D eigenvalue weighted by Gasteiger charge is -2.08. The fourth-order valence-corrected chi connectivity index (χ4v) is 5.53. The lowest BCUT2D eigenvalue weighted by atomic mass is 10.0. The van der Waals surface area contributed by atoms with Gasteiger partial charge in [0.15, 0.2) is 5.82 Å². The molecule has 4 aromatic carbocycles. The second-order valence-electron chi connectivity index (χ2n) is 9.89. The minimum atomic E-state index is 0.603. The Labute approximate surface area is 230 Å². The minimum Gasteiger partial charge on any atom is -0.306 e. The maximum Gasteiger partial charge on any atom is 0.179 e. The number of nitrogens with zero attached hydrogens (tertiary/aromatic N) is 5. The van der Waals surface area contributed by atoms with Crippen molar-refractivity contribution in [3.63, 3.8) is 0 Å². The predicted molar refractivity (Wildman–Crippen MR) is 161 cm³/mol. The third kappa shape index (κ3) is 3.68. The fourth-order valence-electron chi connectivity index (χ4n) is 5.53. The van der Waals surface area contributed by atoms with Crippen LogP contribution in [0.25, 0.3) is 66.9 Å². The molecule has 8 rings (SSSR count). The maximum absolute atomic E-state index is 4.74. The highest BCUT2D eigenvalue weighted by Gasteiger charge is 2.16. The molecule has 0 aliphatic rings. The van der Waals surface area contributed by atoms with Crippen LogP contribution in [-0.2, 0) is 0 Å². The van der Waals surface area contributed by atoms with Gasteiger partial charge in [0.05, 0.1) is 29.1 Å². The van der Waals surface area contributed by atoms with E-state index in [-0.39, 0.29) is 0 Å². The van der Waals surface area contributed by atoms with Crippen molar-refractivity contribution in [2.24, 2.45) is 0 Å². The van der Waals surface area contributed by atoms with Crippen LogP contribution in [0.3, 0.4) is 0 Å². The van der Waals surface area contributed by atoms with Crippen LogP contribution in [0, 0.1) is 0 Å². The molecule has 0 fully saturated rings. The first-order valence-electron chi connectivity index (χ1n) is 13.3. The molecular weight excluding hydrogens is 490 g/mol. The standard InChI is InChI=1S/C35H23N5/c1-3-9-24(10-4-1)26-14-16-32-29(19-26)30-20-27(25-11-5-2-6-12-25)15-17-33(30)40(32)28-21-36-35(37-22-28)31-23-39-18-8-7-13-34(39)38-31/h1-23H. The highest BCUT2D eigenvalue weighted by atomic mass is 15.1. The van der Waals surface area contributed by atoms with Gasteiger partial charge in [-0.2, -0.15) is 0 Å². The van der Waals surface area contributed by atoms with Gasteiger partial charge in [-0.3, -0.25) is 0 Å². The summed E-state index contributed by atoms with van der Waals surface area (Å²) in [6, 6.07) is 40.4. The van der Waals surface area contributed by atoms with Gasteiger partial charge in [0, 0.05) is 23.2 Å². The maximum atomic E-state index is 4.74. The molecule has 8 aromatic rings. The molecule has 0 amide bonds. The molecule has 40 heavy (non-hydrogen) atoms. The minimum absolute atomic E-state index is 0.603. The van der Waals surface area contributed by atoms with Crippen LogP contribution >= 0.6 is 0 Å². The molecule has 5 nitrogen and oxygen atoms in total. The number of rotatable bonds is 4. The van der Waals surface area contributed by atoms with Crippen LogP contribution in [0.1, 0.15) is 0 Å². The summed E-state index contributed by atoms with van der Waals surface area (Å²) in [5.74, 6) is 0.603. The smallest absolute Gasteiger partial charge is 0.179 e. The van der Waals surface area contributed by atoms with Crippen LogP contribution in [0.2, 0.25) is 0 Å². The fraction of sp³-hybridized carbons (Fsp3) is 0. The first-order chi connectivity index (χ1) is 19.8. The molecule has 0 radical (unpaired) electrons. The average molecular weight is 514 g/mol. The molecular formula is C35H23N5. The zero-order valence-electron chi connectivity index (χ0n) is 21.5. The molecule has 0 unspecified atom stereocenters. The molecule has 5 heteroatoms. The van der Waals surface area contributed by atoms with Gasteiger partial charge < -0.3 is 8.97 Å². The van der Waals surface area contributed by atoms with Gasteiger partial charge in [0.1, 0.15) is 11.3 Å². The molecule has 0 saturated heterocycles.